The quantitative estimate of drug-likeness (QED) is 0.858. The molecule has 0 saturated carbocycles. The lowest BCUT2D eigenvalue weighted by molar-refractivity contribution is 0.0599. The van der Waals surface area contributed by atoms with E-state index < -0.39 is 0 Å². The summed E-state index contributed by atoms with van der Waals surface area (Å²) >= 11 is 0. The smallest absolute Gasteiger partial charge is 0.339 e. The Hall–Kier alpha value is -1.82. The molecule has 0 aromatic carbocycles. The molecule has 2 heterocycles. The van der Waals surface area contributed by atoms with E-state index in [4.69, 9.17) is 4.74 Å². The minimum atomic E-state index is -0.389. The van der Waals surface area contributed by atoms with Gasteiger partial charge in [0.05, 0.1) is 12.7 Å². The molecule has 2 rings (SSSR count). The van der Waals surface area contributed by atoms with Gasteiger partial charge in [0, 0.05) is 25.3 Å². The van der Waals surface area contributed by atoms with E-state index in [1.807, 2.05) is 11.8 Å². The maximum Gasteiger partial charge on any atom is 0.339 e. The number of hydrogen-bond acceptors (Lipinski definition) is 4. The van der Waals surface area contributed by atoms with E-state index in [2.05, 4.69) is 16.9 Å². The normalized spacial score (nSPS) is 16.5. The number of hydrogen-bond donors (Lipinski definition) is 1. The van der Waals surface area contributed by atoms with Crippen LogP contribution in [0.4, 0.5) is 0 Å². The minimum absolute atomic E-state index is 0.0300. The van der Waals surface area contributed by atoms with Crippen LogP contribution < -0.4 is 0 Å². The van der Waals surface area contributed by atoms with Crippen LogP contribution in [0, 0.1) is 6.92 Å². The van der Waals surface area contributed by atoms with Crippen LogP contribution in [0.15, 0.2) is 0 Å². The molecule has 0 radical (unpaired) electrons. The SMILES string of the molecule is CCc1[nH]c(C(=O)N2CCCN(C)CC2)c(C)c1C(=O)OC. The number of aryl methyl sites for hydroxylation is 1. The second-order valence-corrected chi connectivity index (χ2v) is 5.77. The summed E-state index contributed by atoms with van der Waals surface area (Å²) < 4.78 is 4.84. The van der Waals surface area contributed by atoms with Gasteiger partial charge in [0.15, 0.2) is 0 Å². The zero-order chi connectivity index (χ0) is 16.3. The van der Waals surface area contributed by atoms with E-state index in [9.17, 15) is 9.59 Å². The Bertz CT molecular complexity index is 565. The van der Waals surface area contributed by atoms with Crippen molar-refractivity contribution in [1.82, 2.24) is 14.8 Å². The number of H-pyrrole nitrogens is 1. The Morgan fingerprint density at radius 2 is 1.95 bits per heavy atom. The molecular formula is C16H25N3O3. The molecule has 0 atom stereocenters. The van der Waals surface area contributed by atoms with Crippen LogP contribution in [0.5, 0.6) is 0 Å². The van der Waals surface area contributed by atoms with Crippen LogP contribution in [0.3, 0.4) is 0 Å². The number of nitrogens with zero attached hydrogens (tertiary/aromatic N) is 2. The van der Waals surface area contributed by atoms with Gasteiger partial charge in [0.25, 0.3) is 5.91 Å². The predicted molar refractivity (Wildman–Crippen MR) is 84.3 cm³/mol. The van der Waals surface area contributed by atoms with Crippen LogP contribution in [0.1, 0.15) is 45.4 Å². The first-order valence-electron chi connectivity index (χ1n) is 7.77. The van der Waals surface area contributed by atoms with Gasteiger partial charge in [-0.05, 0) is 38.9 Å². The van der Waals surface area contributed by atoms with E-state index in [1.54, 1.807) is 6.92 Å². The van der Waals surface area contributed by atoms with Crippen LogP contribution in [0.2, 0.25) is 0 Å². The summed E-state index contributed by atoms with van der Waals surface area (Å²) in [5.74, 6) is -0.419. The molecule has 0 unspecified atom stereocenters. The second kappa shape index (κ2) is 6.96. The van der Waals surface area contributed by atoms with Gasteiger partial charge in [-0.15, -0.1) is 0 Å². The number of ether oxygens (including phenoxy) is 1. The summed E-state index contributed by atoms with van der Waals surface area (Å²) in [5, 5.41) is 0. The Kier molecular flexibility index (Phi) is 5.24. The van der Waals surface area contributed by atoms with Gasteiger partial charge in [-0.25, -0.2) is 4.79 Å². The molecule has 0 aliphatic carbocycles. The highest BCUT2D eigenvalue weighted by atomic mass is 16.5. The number of carbonyl (C=O) groups is 2. The second-order valence-electron chi connectivity index (χ2n) is 5.77. The molecule has 1 aromatic rings. The molecule has 1 aliphatic heterocycles. The molecule has 0 bridgehead atoms. The number of nitrogens with one attached hydrogen (secondary N) is 1. The largest absolute Gasteiger partial charge is 0.465 e. The summed E-state index contributed by atoms with van der Waals surface area (Å²) in [6.45, 7) is 7.09. The molecule has 1 N–H and O–H groups in total. The first-order valence-corrected chi connectivity index (χ1v) is 7.77. The molecular weight excluding hydrogens is 282 g/mol. The number of aromatic nitrogens is 1. The van der Waals surface area contributed by atoms with E-state index in [-0.39, 0.29) is 11.9 Å². The Labute approximate surface area is 131 Å². The van der Waals surface area contributed by atoms with Gasteiger partial charge in [0.2, 0.25) is 0 Å². The van der Waals surface area contributed by atoms with Crippen LogP contribution in [-0.2, 0) is 11.2 Å². The van der Waals surface area contributed by atoms with Crippen molar-refractivity contribution < 1.29 is 14.3 Å². The third kappa shape index (κ3) is 3.16. The van der Waals surface area contributed by atoms with Gasteiger partial charge in [0.1, 0.15) is 5.69 Å². The molecule has 1 aromatic heterocycles. The summed E-state index contributed by atoms with van der Waals surface area (Å²) in [6.07, 6.45) is 1.62. The zero-order valence-electron chi connectivity index (χ0n) is 13.9. The van der Waals surface area contributed by atoms with E-state index >= 15 is 0 Å². The molecule has 1 saturated heterocycles. The summed E-state index contributed by atoms with van der Waals surface area (Å²) in [5.41, 5.74) is 2.47. The maximum atomic E-state index is 12.8. The standard InChI is InChI=1S/C16H25N3O3/c1-5-12-13(16(21)22-4)11(2)14(17-12)15(20)19-8-6-7-18(3)9-10-19/h17H,5-10H2,1-4H3. The highest BCUT2D eigenvalue weighted by Crippen LogP contribution is 2.22. The molecule has 22 heavy (non-hydrogen) atoms. The van der Waals surface area contributed by atoms with E-state index in [0.29, 0.717) is 29.8 Å². The average Bonchev–Trinajstić information content (AvgIpc) is 2.69. The number of esters is 1. The molecule has 122 valence electrons. The lowest BCUT2D eigenvalue weighted by Crippen LogP contribution is -2.35. The fourth-order valence-corrected chi connectivity index (χ4v) is 2.92. The van der Waals surface area contributed by atoms with Gasteiger partial charge in [-0.1, -0.05) is 6.92 Å². The predicted octanol–water partition coefficient (Wildman–Crippen LogP) is 1.45. The van der Waals surface area contributed by atoms with Crippen molar-refractivity contribution in [2.75, 3.05) is 40.3 Å². The van der Waals surface area contributed by atoms with Crippen molar-refractivity contribution in [3.63, 3.8) is 0 Å². The van der Waals surface area contributed by atoms with Crippen molar-refractivity contribution in [2.45, 2.75) is 26.7 Å². The van der Waals surface area contributed by atoms with E-state index in [1.165, 1.54) is 7.11 Å². The van der Waals surface area contributed by atoms with Crippen LogP contribution in [0.25, 0.3) is 0 Å². The fourth-order valence-electron chi connectivity index (χ4n) is 2.92. The van der Waals surface area contributed by atoms with Crippen molar-refractivity contribution in [3.8, 4) is 0 Å². The number of rotatable bonds is 3. The van der Waals surface area contributed by atoms with Crippen LogP contribution in [-0.4, -0.2) is 67.0 Å². The number of methoxy groups -OCH3 is 1. The molecule has 0 spiro atoms. The van der Waals surface area contributed by atoms with E-state index in [0.717, 1.165) is 31.7 Å². The summed E-state index contributed by atoms with van der Waals surface area (Å²) in [4.78, 5) is 32.0. The number of likely N-dealkylation sites (N-methyl/N-ethyl adjacent to an activating group) is 1. The van der Waals surface area contributed by atoms with Gasteiger partial charge >= 0.3 is 5.97 Å². The number of aromatic amines is 1. The first-order chi connectivity index (χ1) is 10.5. The van der Waals surface area contributed by atoms with Crippen molar-refractivity contribution in [3.05, 3.63) is 22.5 Å². The van der Waals surface area contributed by atoms with Gasteiger partial charge in [-0.2, -0.15) is 0 Å². The zero-order valence-corrected chi connectivity index (χ0v) is 13.9. The monoisotopic (exact) mass is 307 g/mol. The molecule has 1 aliphatic rings. The van der Waals surface area contributed by atoms with Crippen molar-refractivity contribution in [2.24, 2.45) is 0 Å². The maximum absolute atomic E-state index is 12.8. The fraction of sp³-hybridized carbons (Fsp3) is 0.625. The molecule has 6 nitrogen and oxygen atoms in total. The topological polar surface area (TPSA) is 65.6 Å². The number of carbonyl (C=O) groups excluding carboxylic acids is 2. The van der Waals surface area contributed by atoms with Gasteiger partial charge in [-0.3, -0.25) is 4.79 Å². The highest BCUT2D eigenvalue weighted by molar-refractivity contribution is 6.00. The third-order valence-corrected chi connectivity index (χ3v) is 4.29. The Morgan fingerprint density at radius 3 is 2.59 bits per heavy atom. The van der Waals surface area contributed by atoms with Crippen molar-refractivity contribution in [1.29, 1.82) is 0 Å². The molecule has 1 amide bonds. The first kappa shape index (κ1) is 16.5. The molecule has 1 fully saturated rings. The number of amides is 1. The Balaban J connectivity index is 2.30. The highest BCUT2D eigenvalue weighted by Gasteiger charge is 2.27. The summed E-state index contributed by atoms with van der Waals surface area (Å²) in [7, 11) is 3.43. The lowest BCUT2D eigenvalue weighted by Gasteiger charge is -2.20. The lowest BCUT2D eigenvalue weighted by atomic mass is 10.1. The Morgan fingerprint density at radius 1 is 1.23 bits per heavy atom. The van der Waals surface area contributed by atoms with Crippen LogP contribution >= 0.6 is 0 Å². The third-order valence-electron chi connectivity index (χ3n) is 4.29. The van der Waals surface area contributed by atoms with Crippen molar-refractivity contribution >= 4 is 11.9 Å². The molecule has 6 heteroatoms. The van der Waals surface area contributed by atoms with Gasteiger partial charge < -0.3 is 19.5 Å². The average molecular weight is 307 g/mol. The minimum Gasteiger partial charge on any atom is -0.465 e. The summed E-state index contributed by atoms with van der Waals surface area (Å²) in [6, 6.07) is 0.